The molecule has 0 radical (unpaired) electrons. The molecule has 22 heavy (non-hydrogen) atoms. The van der Waals surface area contributed by atoms with Crippen molar-refractivity contribution in [2.45, 2.75) is 45.2 Å². The first kappa shape index (κ1) is 17.6. The molecular formula is C18H29ClN2O. The van der Waals surface area contributed by atoms with Crippen LogP contribution >= 0.6 is 12.4 Å². The van der Waals surface area contributed by atoms with Crippen LogP contribution in [0.25, 0.3) is 0 Å². The number of hydrogen-bond donors (Lipinski definition) is 1. The Balaban J connectivity index is 0.00000176. The third-order valence-electron chi connectivity index (χ3n) is 4.85. The molecule has 1 saturated heterocycles. The molecule has 3 nitrogen and oxygen atoms in total. The van der Waals surface area contributed by atoms with Crippen LogP contribution in [0.2, 0.25) is 0 Å². The van der Waals surface area contributed by atoms with Gasteiger partial charge in [0.1, 0.15) is 5.75 Å². The first-order valence-electron chi connectivity index (χ1n) is 8.34. The predicted molar refractivity (Wildman–Crippen MR) is 94.0 cm³/mol. The molecule has 1 aliphatic heterocycles. The Morgan fingerprint density at radius 2 is 1.91 bits per heavy atom. The minimum absolute atomic E-state index is 0. The number of ether oxygens (including phenoxy) is 1. The average molecular weight is 325 g/mol. The van der Waals surface area contributed by atoms with Crippen LogP contribution in [0, 0.1) is 12.8 Å². The standard InChI is InChI=1S/C18H28N2O.ClH/c1-14-11-16(5-6-18(14)21-2)13-20-9-7-17(8-10-20)19-12-15-3-4-15;/h5-6,11,15,17,19H,3-4,7-10,12-13H2,1-2H3;1H. The molecule has 1 aromatic carbocycles. The van der Waals surface area contributed by atoms with Gasteiger partial charge < -0.3 is 10.1 Å². The van der Waals surface area contributed by atoms with Crippen LogP contribution in [0.15, 0.2) is 18.2 Å². The Bertz CT molecular complexity index is 468. The third-order valence-corrected chi connectivity index (χ3v) is 4.85. The van der Waals surface area contributed by atoms with Crippen LogP contribution in [0.4, 0.5) is 0 Å². The maximum absolute atomic E-state index is 5.33. The molecule has 1 aromatic rings. The second-order valence-electron chi connectivity index (χ2n) is 6.71. The van der Waals surface area contributed by atoms with Crippen molar-refractivity contribution >= 4 is 12.4 Å². The maximum Gasteiger partial charge on any atom is 0.121 e. The highest BCUT2D eigenvalue weighted by Gasteiger charge is 2.24. The van der Waals surface area contributed by atoms with Gasteiger partial charge in [0.05, 0.1) is 7.11 Å². The quantitative estimate of drug-likeness (QED) is 0.868. The summed E-state index contributed by atoms with van der Waals surface area (Å²) in [6.07, 6.45) is 5.48. The Morgan fingerprint density at radius 3 is 2.50 bits per heavy atom. The Hall–Kier alpha value is -0.770. The van der Waals surface area contributed by atoms with Crippen LogP contribution in [-0.4, -0.2) is 37.7 Å². The molecule has 1 N–H and O–H groups in total. The normalized spacial score (nSPS) is 19.7. The average Bonchev–Trinajstić information content (AvgIpc) is 3.31. The SMILES string of the molecule is COc1ccc(CN2CCC(NCC3CC3)CC2)cc1C.Cl. The van der Waals surface area contributed by atoms with Crippen molar-refractivity contribution in [2.24, 2.45) is 5.92 Å². The van der Waals surface area contributed by atoms with Gasteiger partial charge in [-0.05, 0) is 75.4 Å². The van der Waals surface area contributed by atoms with Crippen molar-refractivity contribution in [3.8, 4) is 5.75 Å². The summed E-state index contributed by atoms with van der Waals surface area (Å²) in [4.78, 5) is 2.58. The lowest BCUT2D eigenvalue weighted by molar-refractivity contribution is 0.190. The number of likely N-dealkylation sites (tertiary alicyclic amines) is 1. The van der Waals surface area contributed by atoms with Gasteiger partial charge in [-0.25, -0.2) is 0 Å². The lowest BCUT2D eigenvalue weighted by Gasteiger charge is -2.32. The zero-order chi connectivity index (χ0) is 14.7. The summed E-state index contributed by atoms with van der Waals surface area (Å²) in [5, 5.41) is 3.75. The number of piperidine rings is 1. The molecule has 0 aromatic heterocycles. The lowest BCUT2D eigenvalue weighted by Crippen LogP contribution is -2.42. The first-order chi connectivity index (χ1) is 10.2. The molecule has 0 unspecified atom stereocenters. The van der Waals surface area contributed by atoms with Crippen molar-refractivity contribution in [3.63, 3.8) is 0 Å². The van der Waals surface area contributed by atoms with Gasteiger partial charge in [0.15, 0.2) is 0 Å². The van der Waals surface area contributed by atoms with E-state index in [2.05, 4.69) is 35.3 Å². The van der Waals surface area contributed by atoms with E-state index < -0.39 is 0 Å². The monoisotopic (exact) mass is 324 g/mol. The summed E-state index contributed by atoms with van der Waals surface area (Å²) < 4.78 is 5.33. The summed E-state index contributed by atoms with van der Waals surface area (Å²) in [7, 11) is 1.74. The molecule has 2 aliphatic rings. The topological polar surface area (TPSA) is 24.5 Å². The van der Waals surface area contributed by atoms with E-state index in [4.69, 9.17) is 4.74 Å². The van der Waals surface area contributed by atoms with Crippen LogP contribution < -0.4 is 10.1 Å². The molecule has 2 fully saturated rings. The molecule has 0 spiro atoms. The first-order valence-corrected chi connectivity index (χ1v) is 8.34. The number of nitrogens with one attached hydrogen (secondary N) is 1. The van der Waals surface area contributed by atoms with Crippen molar-refractivity contribution < 1.29 is 4.74 Å². The van der Waals surface area contributed by atoms with E-state index >= 15 is 0 Å². The van der Waals surface area contributed by atoms with Gasteiger partial charge in [0.2, 0.25) is 0 Å². The van der Waals surface area contributed by atoms with Gasteiger partial charge in [-0.1, -0.05) is 12.1 Å². The summed E-state index contributed by atoms with van der Waals surface area (Å²) in [6, 6.07) is 7.30. The molecule has 1 saturated carbocycles. The number of benzene rings is 1. The van der Waals surface area contributed by atoms with Gasteiger partial charge >= 0.3 is 0 Å². The minimum atomic E-state index is 0. The summed E-state index contributed by atoms with van der Waals surface area (Å²) in [5.41, 5.74) is 2.63. The van der Waals surface area contributed by atoms with E-state index in [1.165, 1.54) is 56.4 Å². The van der Waals surface area contributed by atoms with Crippen LogP contribution in [0.1, 0.15) is 36.8 Å². The summed E-state index contributed by atoms with van der Waals surface area (Å²) in [5.74, 6) is 1.98. The van der Waals surface area contributed by atoms with Crippen molar-refractivity contribution in [2.75, 3.05) is 26.7 Å². The highest BCUT2D eigenvalue weighted by Crippen LogP contribution is 2.28. The highest BCUT2D eigenvalue weighted by molar-refractivity contribution is 5.85. The molecule has 124 valence electrons. The third kappa shape index (κ3) is 4.87. The zero-order valence-electron chi connectivity index (χ0n) is 13.8. The molecule has 0 atom stereocenters. The van der Waals surface area contributed by atoms with Crippen LogP contribution in [-0.2, 0) is 6.54 Å². The number of hydrogen-bond acceptors (Lipinski definition) is 3. The summed E-state index contributed by atoms with van der Waals surface area (Å²) in [6.45, 7) is 6.87. The maximum atomic E-state index is 5.33. The van der Waals surface area contributed by atoms with Gasteiger partial charge in [-0.2, -0.15) is 0 Å². The smallest absolute Gasteiger partial charge is 0.121 e. The van der Waals surface area contributed by atoms with Gasteiger partial charge in [0, 0.05) is 12.6 Å². The summed E-state index contributed by atoms with van der Waals surface area (Å²) >= 11 is 0. The Morgan fingerprint density at radius 1 is 1.18 bits per heavy atom. The molecule has 3 rings (SSSR count). The van der Waals surface area contributed by atoms with Crippen LogP contribution in [0.5, 0.6) is 5.75 Å². The Labute approximate surface area is 140 Å². The van der Waals surface area contributed by atoms with E-state index in [0.717, 1.165) is 24.3 Å². The molecule has 0 amide bonds. The second kappa shape index (κ2) is 8.19. The largest absolute Gasteiger partial charge is 0.496 e. The Kier molecular flexibility index (Phi) is 6.54. The van der Waals surface area contributed by atoms with Crippen molar-refractivity contribution in [1.29, 1.82) is 0 Å². The van der Waals surface area contributed by atoms with Crippen molar-refractivity contribution in [3.05, 3.63) is 29.3 Å². The fraction of sp³-hybridized carbons (Fsp3) is 0.667. The number of nitrogens with zero attached hydrogens (tertiary/aromatic N) is 1. The molecule has 1 aliphatic carbocycles. The van der Waals surface area contributed by atoms with E-state index in [-0.39, 0.29) is 12.4 Å². The molecule has 1 heterocycles. The number of aryl methyl sites for hydroxylation is 1. The molecular weight excluding hydrogens is 296 g/mol. The molecule has 0 bridgehead atoms. The fourth-order valence-electron chi connectivity index (χ4n) is 3.25. The van der Waals surface area contributed by atoms with Gasteiger partial charge in [-0.3, -0.25) is 4.90 Å². The zero-order valence-corrected chi connectivity index (χ0v) is 14.6. The fourth-order valence-corrected chi connectivity index (χ4v) is 3.25. The van der Waals surface area contributed by atoms with Gasteiger partial charge in [0.25, 0.3) is 0 Å². The van der Waals surface area contributed by atoms with E-state index in [9.17, 15) is 0 Å². The number of rotatable bonds is 6. The lowest BCUT2D eigenvalue weighted by atomic mass is 10.0. The van der Waals surface area contributed by atoms with E-state index in [0.29, 0.717) is 0 Å². The highest BCUT2D eigenvalue weighted by atomic mass is 35.5. The van der Waals surface area contributed by atoms with E-state index in [1.807, 2.05) is 0 Å². The van der Waals surface area contributed by atoms with Crippen LogP contribution in [0.3, 0.4) is 0 Å². The molecule has 4 heteroatoms. The van der Waals surface area contributed by atoms with Gasteiger partial charge in [-0.15, -0.1) is 12.4 Å². The minimum Gasteiger partial charge on any atom is -0.496 e. The number of halogens is 1. The van der Waals surface area contributed by atoms with E-state index in [1.54, 1.807) is 7.11 Å². The van der Waals surface area contributed by atoms with Crippen molar-refractivity contribution in [1.82, 2.24) is 10.2 Å². The predicted octanol–water partition coefficient (Wildman–Crippen LogP) is 3.39. The number of methoxy groups -OCH3 is 1. The second-order valence-corrected chi connectivity index (χ2v) is 6.71.